The summed E-state index contributed by atoms with van der Waals surface area (Å²) in [5.41, 5.74) is 0.777. The van der Waals surface area contributed by atoms with Crippen LogP contribution in [-0.2, 0) is 11.3 Å². The number of halogens is 2. The Morgan fingerprint density at radius 3 is 2.62 bits per heavy atom. The van der Waals surface area contributed by atoms with E-state index in [2.05, 4.69) is 0 Å². The normalized spacial score (nSPS) is 11.1. The lowest BCUT2D eigenvalue weighted by atomic mass is 10.2. The van der Waals surface area contributed by atoms with Crippen LogP contribution in [0.15, 0.2) is 18.2 Å². The van der Waals surface area contributed by atoms with Crippen LogP contribution in [0.5, 0.6) is 0 Å². The van der Waals surface area contributed by atoms with Crippen molar-refractivity contribution >= 4 is 0 Å². The zero-order valence-corrected chi connectivity index (χ0v) is 9.67. The van der Waals surface area contributed by atoms with Crippen molar-refractivity contribution in [2.75, 3.05) is 27.3 Å². The Bertz CT molecular complexity index is 331. The summed E-state index contributed by atoms with van der Waals surface area (Å²) in [6, 6.07) is 4.00. The van der Waals surface area contributed by atoms with E-state index in [1.165, 1.54) is 6.07 Å². The van der Waals surface area contributed by atoms with Crippen LogP contribution < -0.4 is 0 Å². The first-order valence-corrected chi connectivity index (χ1v) is 5.25. The molecule has 0 bridgehead atoms. The van der Waals surface area contributed by atoms with Crippen molar-refractivity contribution in [1.29, 1.82) is 0 Å². The lowest BCUT2D eigenvalue weighted by molar-refractivity contribution is 0.178. The van der Waals surface area contributed by atoms with Crippen molar-refractivity contribution in [3.8, 4) is 0 Å². The molecular weight excluding hydrogens is 212 g/mol. The Hall–Kier alpha value is -1.00. The molecule has 0 amide bonds. The Morgan fingerprint density at radius 2 is 2.00 bits per heavy atom. The van der Waals surface area contributed by atoms with Crippen molar-refractivity contribution in [3.63, 3.8) is 0 Å². The van der Waals surface area contributed by atoms with E-state index in [0.717, 1.165) is 24.6 Å². The zero-order valence-electron chi connectivity index (χ0n) is 9.67. The standard InChI is InChI=1S/C12H17F2NO/c1-15(6-3-7-16-2)9-10-4-5-11(13)12(14)8-10/h4-5,8H,3,6-7,9H2,1-2H3. The molecule has 0 saturated heterocycles. The maximum Gasteiger partial charge on any atom is 0.159 e. The molecule has 0 radical (unpaired) electrons. The average Bonchev–Trinajstić information content (AvgIpc) is 2.24. The molecule has 0 aliphatic rings. The van der Waals surface area contributed by atoms with E-state index in [9.17, 15) is 8.78 Å². The fraction of sp³-hybridized carbons (Fsp3) is 0.500. The van der Waals surface area contributed by atoms with Crippen LogP contribution in [0.25, 0.3) is 0 Å². The van der Waals surface area contributed by atoms with Crippen LogP contribution in [0.3, 0.4) is 0 Å². The summed E-state index contributed by atoms with van der Waals surface area (Å²) in [5, 5.41) is 0. The zero-order chi connectivity index (χ0) is 12.0. The van der Waals surface area contributed by atoms with Gasteiger partial charge in [-0.15, -0.1) is 0 Å². The summed E-state index contributed by atoms with van der Waals surface area (Å²) >= 11 is 0. The fourth-order valence-corrected chi connectivity index (χ4v) is 1.51. The molecule has 0 spiro atoms. The van der Waals surface area contributed by atoms with Crippen LogP contribution in [0, 0.1) is 11.6 Å². The molecule has 1 aromatic rings. The minimum absolute atomic E-state index is 0.612. The molecule has 0 heterocycles. The summed E-state index contributed by atoms with van der Waals surface area (Å²) in [4.78, 5) is 2.05. The van der Waals surface area contributed by atoms with E-state index in [4.69, 9.17) is 4.74 Å². The smallest absolute Gasteiger partial charge is 0.159 e. The van der Waals surface area contributed by atoms with Gasteiger partial charge in [0.15, 0.2) is 11.6 Å². The molecule has 2 nitrogen and oxygen atoms in total. The van der Waals surface area contributed by atoms with E-state index < -0.39 is 11.6 Å². The van der Waals surface area contributed by atoms with Crippen LogP contribution in [0.2, 0.25) is 0 Å². The second kappa shape index (κ2) is 6.55. The van der Waals surface area contributed by atoms with Crippen LogP contribution >= 0.6 is 0 Å². The van der Waals surface area contributed by atoms with Gasteiger partial charge in [-0.3, -0.25) is 0 Å². The van der Waals surface area contributed by atoms with Crippen molar-refractivity contribution in [1.82, 2.24) is 4.90 Å². The molecule has 0 fully saturated rings. The largest absolute Gasteiger partial charge is 0.385 e. The monoisotopic (exact) mass is 229 g/mol. The Labute approximate surface area is 94.8 Å². The third kappa shape index (κ3) is 4.24. The quantitative estimate of drug-likeness (QED) is 0.695. The maximum absolute atomic E-state index is 12.9. The summed E-state index contributed by atoms with van der Waals surface area (Å²) in [7, 11) is 3.60. The molecule has 0 saturated carbocycles. The highest BCUT2D eigenvalue weighted by Crippen LogP contribution is 2.10. The predicted octanol–water partition coefficient (Wildman–Crippen LogP) is 2.43. The summed E-state index contributed by atoms with van der Waals surface area (Å²) in [6.07, 6.45) is 0.927. The van der Waals surface area contributed by atoms with Crippen molar-refractivity contribution in [2.24, 2.45) is 0 Å². The molecule has 0 unspecified atom stereocenters. The molecular formula is C12H17F2NO. The van der Waals surface area contributed by atoms with Crippen molar-refractivity contribution < 1.29 is 13.5 Å². The number of rotatable bonds is 6. The van der Waals surface area contributed by atoms with Crippen LogP contribution in [0.4, 0.5) is 8.78 Å². The molecule has 0 atom stereocenters. The minimum atomic E-state index is -0.800. The highest BCUT2D eigenvalue weighted by Gasteiger charge is 2.04. The molecule has 0 N–H and O–H groups in total. The third-order valence-electron chi connectivity index (χ3n) is 2.32. The molecule has 0 aliphatic carbocycles. The molecule has 16 heavy (non-hydrogen) atoms. The first-order valence-electron chi connectivity index (χ1n) is 5.25. The van der Waals surface area contributed by atoms with Gasteiger partial charge >= 0.3 is 0 Å². The van der Waals surface area contributed by atoms with Gasteiger partial charge in [0.05, 0.1) is 0 Å². The van der Waals surface area contributed by atoms with E-state index in [0.29, 0.717) is 13.2 Å². The summed E-state index contributed by atoms with van der Waals surface area (Å²) in [6.45, 7) is 2.19. The van der Waals surface area contributed by atoms with Gasteiger partial charge in [0.25, 0.3) is 0 Å². The van der Waals surface area contributed by atoms with Gasteiger partial charge < -0.3 is 9.64 Å². The third-order valence-corrected chi connectivity index (χ3v) is 2.32. The minimum Gasteiger partial charge on any atom is -0.385 e. The predicted molar refractivity (Wildman–Crippen MR) is 59.2 cm³/mol. The van der Waals surface area contributed by atoms with Crippen LogP contribution in [0.1, 0.15) is 12.0 Å². The highest BCUT2D eigenvalue weighted by molar-refractivity contribution is 5.17. The van der Waals surface area contributed by atoms with Crippen molar-refractivity contribution in [3.05, 3.63) is 35.4 Å². The second-order valence-electron chi connectivity index (χ2n) is 3.83. The second-order valence-corrected chi connectivity index (χ2v) is 3.83. The van der Waals surface area contributed by atoms with Gasteiger partial charge in [-0.1, -0.05) is 6.07 Å². The molecule has 1 rings (SSSR count). The van der Waals surface area contributed by atoms with Crippen LogP contribution in [-0.4, -0.2) is 32.2 Å². The summed E-state index contributed by atoms with van der Waals surface area (Å²) in [5.74, 6) is -1.59. The van der Waals surface area contributed by atoms with E-state index in [1.54, 1.807) is 13.2 Å². The van der Waals surface area contributed by atoms with Gasteiger partial charge in [-0.25, -0.2) is 8.78 Å². The van der Waals surface area contributed by atoms with E-state index in [-0.39, 0.29) is 0 Å². The molecule has 4 heteroatoms. The number of benzene rings is 1. The summed E-state index contributed by atoms with van der Waals surface area (Å²) < 4.78 is 30.5. The Morgan fingerprint density at radius 1 is 1.25 bits per heavy atom. The number of nitrogens with zero attached hydrogens (tertiary/aromatic N) is 1. The highest BCUT2D eigenvalue weighted by atomic mass is 19.2. The number of hydrogen-bond donors (Lipinski definition) is 0. The molecule has 0 aliphatic heterocycles. The SMILES string of the molecule is COCCCN(C)Cc1ccc(F)c(F)c1. The number of hydrogen-bond acceptors (Lipinski definition) is 2. The Balaban J connectivity index is 2.43. The lowest BCUT2D eigenvalue weighted by Crippen LogP contribution is -2.20. The van der Waals surface area contributed by atoms with Crippen molar-refractivity contribution in [2.45, 2.75) is 13.0 Å². The number of ether oxygens (including phenoxy) is 1. The molecule has 1 aromatic carbocycles. The van der Waals surface area contributed by atoms with Gasteiger partial charge in [-0.2, -0.15) is 0 Å². The van der Waals surface area contributed by atoms with E-state index >= 15 is 0 Å². The maximum atomic E-state index is 12.9. The van der Waals surface area contributed by atoms with Gasteiger partial charge in [-0.05, 0) is 31.2 Å². The molecule has 90 valence electrons. The fourth-order valence-electron chi connectivity index (χ4n) is 1.51. The first-order chi connectivity index (χ1) is 7.63. The van der Waals surface area contributed by atoms with E-state index in [1.807, 2.05) is 11.9 Å². The lowest BCUT2D eigenvalue weighted by Gasteiger charge is -2.16. The Kier molecular flexibility index (Phi) is 5.35. The van der Waals surface area contributed by atoms with Gasteiger partial charge in [0, 0.05) is 26.8 Å². The number of methoxy groups -OCH3 is 1. The first kappa shape index (κ1) is 13.1. The average molecular weight is 229 g/mol. The van der Waals surface area contributed by atoms with Gasteiger partial charge in [0.2, 0.25) is 0 Å². The van der Waals surface area contributed by atoms with Gasteiger partial charge in [0.1, 0.15) is 0 Å². The topological polar surface area (TPSA) is 12.5 Å². The molecule has 0 aromatic heterocycles.